The Kier molecular flexibility index (Phi) is 3.78. The van der Waals surface area contributed by atoms with Gasteiger partial charge in [0.05, 0.1) is 17.9 Å². The topological polar surface area (TPSA) is 35.6 Å². The summed E-state index contributed by atoms with van der Waals surface area (Å²) in [4.78, 5) is 16.2. The molecule has 3 aliphatic heterocycles. The van der Waals surface area contributed by atoms with Crippen molar-refractivity contribution < 1.29 is 4.79 Å². The van der Waals surface area contributed by atoms with Crippen molar-refractivity contribution in [3.63, 3.8) is 0 Å². The molecule has 1 aromatic rings. The number of fused-ring (bicyclic) bond motifs is 3. The highest BCUT2D eigenvalue weighted by Gasteiger charge is 2.44. The largest absolute Gasteiger partial charge is 0.357 e. The maximum Gasteiger partial charge on any atom is 0.246 e. The minimum Gasteiger partial charge on any atom is -0.357 e. The second kappa shape index (κ2) is 5.09. The molecular weight excluding hydrogens is 250 g/mol. The lowest BCUT2D eigenvalue weighted by molar-refractivity contribution is -0.117. The number of hydrogen-bond acceptors (Lipinski definition) is 3. The predicted octanol–water partition coefficient (Wildman–Crippen LogP) is 2.20. The molecule has 0 aromatic heterocycles. The van der Waals surface area contributed by atoms with Crippen LogP contribution in [-0.4, -0.2) is 38.6 Å². The van der Waals surface area contributed by atoms with E-state index >= 15 is 0 Å². The minimum absolute atomic E-state index is 0. The summed E-state index contributed by atoms with van der Waals surface area (Å²) in [6.45, 7) is 2.64. The van der Waals surface area contributed by atoms with Crippen LogP contribution >= 0.6 is 0 Å². The molecule has 20 heavy (non-hydrogen) atoms. The Morgan fingerprint density at radius 2 is 2.10 bits per heavy atom. The first-order chi connectivity index (χ1) is 8.77. The maximum absolute atomic E-state index is 12.1. The molecule has 0 bridgehead atoms. The maximum atomic E-state index is 12.1. The van der Waals surface area contributed by atoms with Gasteiger partial charge in [-0.1, -0.05) is 27.0 Å². The zero-order valence-electron chi connectivity index (χ0n) is 10.5. The van der Waals surface area contributed by atoms with Crippen molar-refractivity contribution in [2.75, 3.05) is 36.5 Å². The Hall–Kier alpha value is -1.55. The summed E-state index contributed by atoms with van der Waals surface area (Å²) in [5.74, 6) is 0.756. The van der Waals surface area contributed by atoms with E-state index in [2.05, 4.69) is 28.4 Å². The number of rotatable bonds is 0. The summed E-state index contributed by atoms with van der Waals surface area (Å²) in [7, 11) is 1.88. The Morgan fingerprint density at radius 3 is 2.90 bits per heavy atom. The third-order valence-electron chi connectivity index (χ3n) is 4.62. The van der Waals surface area contributed by atoms with Crippen molar-refractivity contribution in [2.45, 2.75) is 33.2 Å². The van der Waals surface area contributed by atoms with Crippen LogP contribution in [0.25, 0.3) is 0 Å². The van der Waals surface area contributed by atoms with Gasteiger partial charge in [-0.25, -0.2) is 0 Å². The van der Waals surface area contributed by atoms with E-state index in [1.54, 1.807) is 4.90 Å². The van der Waals surface area contributed by atoms with Gasteiger partial charge >= 0.3 is 0 Å². The third-order valence-corrected chi connectivity index (χ3v) is 4.62. The average molecular weight is 275 g/mol. The second-order valence-electron chi connectivity index (χ2n) is 5.46. The molecule has 1 aromatic carbocycles. The zero-order chi connectivity index (χ0) is 12.3. The van der Waals surface area contributed by atoms with E-state index in [0.717, 1.165) is 25.2 Å². The van der Waals surface area contributed by atoms with E-state index in [-0.39, 0.29) is 20.8 Å². The highest BCUT2D eigenvalue weighted by Crippen LogP contribution is 2.49. The number of benzene rings is 1. The van der Waals surface area contributed by atoms with Crippen LogP contribution in [0.3, 0.4) is 0 Å². The highest BCUT2D eigenvalue weighted by atomic mass is 16.2. The molecule has 1 amide bonds. The summed E-state index contributed by atoms with van der Waals surface area (Å²) >= 11 is 0. The number of likely N-dealkylation sites (N-methyl/N-ethyl adjacent to an activating group) is 1. The molecule has 110 valence electrons. The van der Waals surface area contributed by atoms with Crippen molar-refractivity contribution in [2.24, 2.45) is 0 Å². The van der Waals surface area contributed by atoms with Crippen LogP contribution in [0.4, 0.5) is 11.4 Å². The number of anilines is 2. The van der Waals surface area contributed by atoms with Gasteiger partial charge in [0.15, 0.2) is 0 Å². The van der Waals surface area contributed by atoms with Crippen molar-refractivity contribution >= 4 is 17.3 Å². The zero-order valence-corrected chi connectivity index (χ0v) is 10.5. The Morgan fingerprint density at radius 1 is 1.30 bits per heavy atom. The van der Waals surface area contributed by atoms with Gasteiger partial charge in [0.2, 0.25) is 5.91 Å². The van der Waals surface area contributed by atoms with Crippen molar-refractivity contribution in [1.82, 2.24) is 5.32 Å². The monoisotopic (exact) mass is 275 g/mol. The third kappa shape index (κ3) is 1.74. The fourth-order valence-corrected chi connectivity index (χ4v) is 3.71. The van der Waals surface area contributed by atoms with Crippen molar-refractivity contribution in [3.05, 3.63) is 23.8 Å². The molecule has 1 saturated heterocycles. The van der Waals surface area contributed by atoms with Crippen LogP contribution in [0, 0.1) is 0 Å². The Balaban J connectivity index is 0.000000735. The summed E-state index contributed by atoms with van der Waals surface area (Å²) in [5, 5.41) is 3.48. The summed E-state index contributed by atoms with van der Waals surface area (Å²) in [5.41, 5.74) is 3.81. The number of carbonyl (C=O) groups is 1. The van der Waals surface area contributed by atoms with E-state index in [0.29, 0.717) is 18.5 Å². The molecule has 0 radical (unpaired) electrons. The van der Waals surface area contributed by atoms with Gasteiger partial charge in [0, 0.05) is 25.6 Å². The SMILES string of the molecule is C.C.CN1C(=O)CN2c3c(cccc31)C1CNCCC12. The Labute approximate surface area is 121 Å². The summed E-state index contributed by atoms with van der Waals surface area (Å²) in [6, 6.07) is 6.89. The average Bonchev–Trinajstić information content (AvgIpc) is 2.72. The van der Waals surface area contributed by atoms with Crippen LogP contribution in [-0.2, 0) is 4.79 Å². The summed E-state index contributed by atoms with van der Waals surface area (Å²) < 4.78 is 0. The van der Waals surface area contributed by atoms with Crippen LogP contribution < -0.4 is 15.1 Å². The first kappa shape index (κ1) is 14.9. The molecule has 0 spiro atoms. The van der Waals surface area contributed by atoms with Gasteiger partial charge in [0.1, 0.15) is 0 Å². The van der Waals surface area contributed by atoms with Crippen LogP contribution in [0.1, 0.15) is 32.8 Å². The van der Waals surface area contributed by atoms with E-state index in [4.69, 9.17) is 0 Å². The van der Waals surface area contributed by atoms with Gasteiger partial charge in [-0.05, 0) is 24.6 Å². The predicted molar refractivity (Wildman–Crippen MR) is 84.7 cm³/mol. The van der Waals surface area contributed by atoms with Gasteiger partial charge < -0.3 is 15.1 Å². The molecular formula is C16H25N3O. The molecule has 1 N–H and O–H groups in total. The first-order valence-electron chi connectivity index (χ1n) is 6.64. The molecule has 4 nitrogen and oxygen atoms in total. The first-order valence-corrected chi connectivity index (χ1v) is 6.64. The minimum atomic E-state index is 0. The molecule has 2 atom stereocenters. The van der Waals surface area contributed by atoms with Gasteiger partial charge in [-0.3, -0.25) is 4.79 Å². The molecule has 0 aliphatic carbocycles. The number of amides is 1. The molecule has 4 rings (SSSR count). The quantitative estimate of drug-likeness (QED) is 0.788. The van der Waals surface area contributed by atoms with Gasteiger partial charge in [-0.15, -0.1) is 0 Å². The smallest absolute Gasteiger partial charge is 0.246 e. The highest BCUT2D eigenvalue weighted by molar-refractivity contribution is 6.04. The van der Waals surface area contributed by atoms with E-state index in [1.807, 2.05) is 7.05 Å². The number of nitrogens with zero attached hydrogens (tertiary/aromatic N) is 2. The lowest BCUT2D eigenvalue weighted by atomic mass is 9.90. The van der Waals surface area contributed by atoms with Gasteiger partial charge in [0.25, 0.3) is 0 Å². The molecule has 1 fully saturated rings. The van der Waals surface area contributed by atoms with E-state index in [9.17, 15) is 4.79 Å². The van der Waals surface area contributed by atoms with E-state index in [1.165, 1.54) is 11.3 Å². The Bertz CT molecular complexity index is 528. The number of piperidine rings is 1. The fraction of sp³-hybridized carbons (Fsp3) is 0.562. The number of para-hydroxylation sites is 1. The van der Waals surface area contributed by atoms with E-state index < -0.39 is 0 Å². The molecule has 3 heterocycles. The number of hydrogen-bond donors (Lipinski definition) is 1. The van der Waals surface area contributed by atoms with Gasteiger partial charge in [-0.2, -0.15) is 0 Å². The fourth-order valence-electron chi connectivity index (χ4n) is 3.71. The van der Waals surface area contributed by atoms with Crippen LogP contribution in [0.15, 0.2) is 18.2 Å². The lowest BCUT2D eigenvalue weighted by Gasteiger charge is -2.38. The normalized spacial score (nSPS) is 26.4. The van der Waals surface area contributed by atoms with Crippen molar-refractivity contribution in [1.29, 1.82) is 0 Å². The lowest BCUT2D eigenvalue weighted by Crippen LogP contribution is -2.50. The number of nitrogens with one attached hydrogen (secondary N) is 1. The summed E-state index contributed by atoms with van der Waals surface area (Å²) in [6.07, 6.45) is 1.13. The number of carbonyl (C=O) groups excluding carboxylic acids is 1. The molecule has 4 heteroatoms. The second-order valence-corrected chi connectivity index (χ2v) is 5.46. The van der Waals surface area contributed by atoms with Crippen LogP contribution in [0.5, 0.6) is 0 Å². The standard InChI is InChI=1S/C14H17N3O.2CH4/c1-16-12-4-2-3-9-10-7-15-6-5-11(10)17(14(9)12)8-13(16)18;;/h2-4,10-11,15H,5-8H2,1H3;2*1H4. The van der Waals surface area contributed by atoms with Crippen molar-refractivity contribution in [3.8, 4) is 0 Å². The molecule has 3 aliphatic rings. The van der Waals surface area contributed by atoms with Crippen LogP contribution in [0.2, 0.25) is 0 Å². The molecule has 0 saturated carbocycles. The molecule has 2 unspecified atom stereocenters.